The van der Waals surface area contributed by atoms with Crippen molar-refractivity contribution in [3.05, 3.63) is 77.9 Å². The monoisotopic (exact) mass is 374 g/mol. The second-order valence-electron chi connectivity index (χ2n) is 7.83. The van der Waals surface area contributed by atoms with E-state index in [1.807, 2.05) is 24.4 Å². The molecule has 3 aromatic rings. The second-order valence-corrected chi connectivity index (χ2v) is 7.83. The van der Waals surface area contributed by atoms with Gasteiger partial charge in [0.15, 0.2) is 0 Å². The van der Waals surface area contributed by atoms with Gasteiger partial charge in [-0.3, -0.25) is 4.98 Å². The van der Waals surface area contributed by atoms with Gasteiger partial charge >= 0.3 is 0 Å². The summed E-state index contributed by atoms with van der Waals surface area (Å²) in [6, 6.07) is 15.7. The smallest absolute Gasteiger partial charge is 0.146 e. The van der Waals surface area contributed by atoms with Crippen LogP contribution >= 0.6 is 0 Å². The summed E-state index contributed by atoms with van der Waals surface area (Å²) in [6.07, 6.45) is 5.79. The average Bonchev–Trinajstić information content (AvgIpc) is 3.18. The largest absolute Gasteiger partial charge is 0.484 e. The van der Waals surface area contributed by atoms with Gasteiger partial charge in [0.1, 0.15) is 17.7 Å². The fourth-order valence-corrected chi connectivity index (χ4v) is 4.47. The highest BCUT2D eigenvalue weighted by Crippen LogP contribution is 2.43. The van der Waals surface area contributed by atoms with Gasteiger partial charge in [0.25, 0.3) is 0 Å². The zero-order chi connectivity index (χ0) is 19.1. The predicted octanol–water partition coefficient (Wildman–Crippen LogP) is 5.41. The first-order valence-electron chi connectivity index (χ1n) is 9.92. The highest BCUT2D eigenvalue weighted by molar-refractivity contribution is 5.77. The maximum absolute atomic E-state index is 13.1. The number of hydrogen-bond acceptors (Lipinski definition) is 3. The molecule has 1 aromatic heterocycles. The Hall–Kier alpha value is -2.88. The molecular weight excluding hydrogens is 351 g/mol. The van der Waals surface area contributed by atoms with Crippen molar-refractivity contribution < 1.29 is 9.13 Å². The highest BCUT2D eigenvalue weighted by Gasteiger charge is 2.27. The van der Waals surface area contributed by atoms with E-state index in [1.165, 1.54) is 22.4 Å². The molecule has 3 heterocycles. The van der Waals surface area contributed by atoms with Crippen LogP contribution in [-0.2, 0) is 6.42 Å². The van der Waals surface area contributed by atoms with Gasteiger partial charge in [0.2, 0.25) is 0 Å². The molecule has 2 aromatic carbocycles. The molecule has 0 saturated carbocycles. The van der Waals surface area contributed by atoms with Crippen molar-refractivity contribution >= 4 is 5.69 Å². The van der Waals surface area contributed by atoms with Crippen LogP contribution in [0, 0.1) is 11.7 Å². The summed E-state index contributed by atoms with van der Waals surface area (Å²) in [4.78, 5) is 6.64. The lowest BCUT2D eigenvalue weighted by Gasteiger charge is -2.28. The topological polar surface area (TPSA) is 25.4 Å². The molecule has 0 amide bonds. The standard InChI is InChI=1S/C24H23FN2O/c1-16-23-13-20(6-7-21(23)22-8-10-26-14-24(22)28-16)27-11-9-18(15-27)12-17-2-4-19(25)5-3-17/h2-8,10,13-14,16,18H,9,11-12,15H2,1H3. The molecule has 0 radical (unpaired) electrons. The summed E-state index contributed by atoms with van der Waals surface area (Å²) < 4.78 is 19.2. The zero-order valence-corrected chi connectivity index (χ0v) is 15.9. The van der Waals surface area contributed by atoms with Crippen molar-refractivity contribution in [1.29, 1.82) is 0 Å². The zero-order valence-electron chi connectivity index (χ0n) is 15.9. The van der Waals surface area contributed by atoms with Crippen molar-refractivity contribution in [3.8, 4) is 16.9 Å². The quantitative estimate of drug-likeness (QED) is 0.613. The van der Waals surface area contributed by atoms with Gasteiger partial charge in [0.05, 0.1) is 6.20 Å². The number of fused-ring (bicyclic) bond motifs is 3. The molecular formula is C24H23FN2O. The predicted molar refractivity (Wildman–Crippen MR) is 109 cm³/mol. The third-order valence-corrected chi connectivity index (χ3v) is 5.94. The normalized spacial score (nSPS) is 20.4. The Balaban J connectivity index is 1.35. The van der Waals surface area contributed by atoms with Gasteiger partial charge in [-0.2, -0.15) is 0 Å². The fraction of sp³-hybridized carbons (Fsp3) is 0.292. The molecule has 1 fully saturated rings. The van der Waals surface area contributed by atoms with E-state index in [4.69, 9.17) is 4.74 Å². The number of halogens is 1. The Labute approximate surface area is 164 Å². The van der Waals surface area contributed by atoms with Crippen molar-refractivity contribution in [2.75, 3.05) is 18.0 Å². The van der Waals surface area contributed by atoms with Gasteiger partial charge in [-0.1, -0.05) is 18.2 Å². The van der Waals surface area contributed by atoms with Crippen LogP contribution in [0.15, 0.2) is 60.9 Å². The molecule has 0 bridgehead atoms. The van der Waals surface area contributed by atoms with Crippen LogP contribution < -0.4 is 9.64 Å². The first kappa shape index (κ1) is 17.2. The van der Waals surface area contributed by atoms with Gasteiger partial charge in [-0.05, 0) is 67.1 Å². The molecule has 2 aliphatic rings. The number of aromatic nitrogens is 1. The second kappa shape index (κ2) is 6.93. The maximum atomic E-state index is 13.1. The third-order valence-electron chi connectivity index (χ3n) is 5.94. The van der Waals surface area contributed by atoms with E-state index in [-0.39, 0.29) is 11.9 Å². The summed E-state index contributed by atoms with van der Waals surface area (Å²) in [5.41, 5.74) is 6.06. The van der Waals surface area contributed by atoms with E-state index < -0.39 is 0 Å². The van der Waals surface area contributed by atoms with E-state index in [9.17, 15) is 4.39 Å². The number of anilines is 1. The molecule has 142 valence electrons. The minimum Gasteiger partial charge on any atom is -0.484 e. The SMILES string of the molecule is CC1Oc2cnccc2-c2ccc(N3CCC(Cc4ccc(F)cc4)C3)cc21. The van der Waals surface area contributed by atoms with Crippen LogP contribution in [0.2, 0.25) is 0 Å². The lowest BCUT2D eigenvalue weighted by molar-refractivity contribution is 0.222. The molecule has 0 aliphatic carbocycles. The minimum absolute atomic E-state index is 0.0178. The first-order valence-corrected chi connectivity index (χ1v) is 9.92. The van der Waals surface area contributed by atoms with Crippen LogP contribution in [0.4, 0.5) is 10.1 Å². The number of hydrogen-bond donors (Lipinski definition) is 0. The molecule has 4 heteroatoms. The lowest BCUT2D eigenvalue weighted by atomic mass is 9.93. The Kier molecular flexibility index (Phi) is 4.27. The fourth-order valence-electron chi connectivity index (χ4n) is 4.47. The van der Waals surface area contributed by atoms with E-state index in [0.29, 0.717) is 5.92 Å². The number of rotatable bonds is 3. The Bertz CT molecular complexity index is 1000. The van der Waals surface area contributed by atoms with Crippen molar-refractivity contribution in [2.24, 2.45) is 5.92 Å². The van der Waals surface area contributed by atoms with Gasteiger partial charge in [-0.25, -0.2) is 4.39 Å². The molecule has 3 nitrogen and oxygen atoms in total. The summed E-state index contributed by atoms with van der Waals surface area (Å²) in [7, 11) is 0. The van der Waals surface area contributed by atoms with E-state index >= 15 is 0 Å². The number of pyridine rings is 1. The summed E-state index contributed by atoms with van der Waals surface area (Å²) in [6.45, 7) is 4.19. The Morgan fingerprint density at radius 1 is 1.11 bits per heavy atom. The van der Waals surface area contributed by atoms with Crippen LogP contribution in [0.3, 0.4) is 0 Å². The molecule has 0 spiro atoms. The van der Waals surface area contributed by atoms with Crippen molar-refractivity contribution in [3.63, 3.8) is 0 Å². The molecule has 2 aliphatic heterocycles. The number of benzene rings is 2. The summed E-state index contributed by atoms with van der Waals surface area (Å²) >= 11 is 0. The van der Waals surface area contributed by atoms with Crippen LogP contribution in [0.1, 0.15) is 30.6 Å². The molecule has 28 heavy (non-hydrogen) atoms. The molecule has 2 atom stereocenters. The summed E-state index contributed by atoms with van der Waals surface area (Å²) in [5.74, 6) is 1.29. The average molecular weight is 374 g/mol. The van der Waals surface area contributed by atoms with Crippen LogP contribution in [-0.4, -0.2) is 18.1 Å². The molecule has 1 saturated heterocycles. The highest BCUT2D eigenvalue weighted by atomic mass is 19.1. The van der Waals surface area contributed by atoms with Crippen molar-refractivity contribution in [2.45, 2.75) is 25.9 Å². The summed E-state index contributed by atoms with van der Waals surface area (Å²) in [5, 5.41) is 0. The van der Waals surface area contributed by atoms with Gasteiger partial charge in [0, 0.05) is 36.1 Å². The molecule has 2 unspecified atom stereocenters. The first-order chi connectivity index (χ1) is 13.7. The van der Waals surface area contributed by atoms with Crippen LogP contribution in [0.25, 0.3) is 11.1 Å². The van der Waals surface area contributed by atoms with E-state index in [0.717, 1.165) is 37.2 Å². The van der Waals surface area contributed by atoms with Gasteiger partial charge < -0.3 is 9.64 Å². The minimum atomic E-state index is -0.167. The van der Waals surface area contributed by atoms with Gasteiger partial charge in [-0.15, -0.1) is 0 Å². The number of nitrogens with zero attached hydrogens (tertiary/aromatic N) is 2. The Morgan fingerprint density at radius 3 is 2.82 bits per heavy atom. The molecule has 0 N–H and O–H groups in total. The number of ether oxygens (including phenoxy) is 1. The van der Waals surface area contributed by atoms with E-state index in [1.54, 1.807) is 18.3 Å². The lowest BCUT2D eigenvalue weighted by Crippen LogP contribution is -2.21. The maximum Gasteiger partial charge on any atom is 0.146 e. The third kappa shape index (κ3) is 3.13. The van der Waals surface area contributed by atoms with Crippen molar-refractivity contribution in [1.82, 2.24) is 4.98 Å². The Morgan fingerprint density at radius 2 is 1.96 bits per heavy atom. The molecule has 5 rings (SSSR count). The van der Waals surface area contributed by atoms with E-state index in [2.05, 4.69) is 35.0 Å². The van der Waals surface area contributed by atoms with Crippen LogP contribution in [0.5, 0.6) is 5.75 Å².